The first-order valence-corrected chi connectivity index (χ1v) is 7.10. The second-order valence-electron chi connectivity index (χ2n) is 4.81. The molecule has 0 aliphatic heterocycles. The minimum absolute atomic E-state index is 0.148. The largest absolute Gasteiger partial charge is 0.480 e. The molecule has 0 atom stereocenters. The summed E-state index contributed by atoms with van der Waals surface area (Å²) in [5.41, 5.74) is 1.30. The Labute approximate surface area is 135 Å². The van der Waals surface area contributed by atoms with Crippen LogP contribution in [0.3, 0.4) is 0 Å². The van der Waals surface area contributed by atoms with E-state index in [9.17, 15) is 9.59 Å². The number of benzene rings is 2. The van der Waals surface area contributed by atoms with Crippen LogP contribution in [0.1, 0.15) is 0 Å². The van der Waals surface area contributed by atoms with Gasteiger partial charge in [0.25, 0.3) is 0 Å². The maximum Gasteiger partial charge on any atom is 0.341 e. The first-order valence-electron chi connectivity index (χ1n) is 6.72. The number of rotatable bonds is 4. The lowest BCUT2D eigenvalue weighted by molar-refractivity contribution is -0.139. The van der Waals surface area contributed by atoms with Crippen molar-refractivity contribution >= 4 is 28.5 Å². The third kappa shape index (κ3) is 3.19. The minimum Gasteiger partial charge on any atom is -0.480 e. The zero-order valence-corrected chi connectivity index (χ0v) is 12.5. The molecule has 5 nitrogen and oxygen atoms in total. The highest BCUT2D eigenvalue weighted by Crippen LogP contribution is 2.34. The molecule has 1 N–H and O–H groups in total. The van der Waals surface area contributed by atoms with Crippen LogP contribution in [-0.4, -0.2) is 17.7 Å². The molecule has 0 spiro atoms. The van der Waals surface area contributed by atoms with Gasteiger partial charge in [-0.3, -0.25) is 0 Å². The maximum absolute atomic E-state index is 11.8. The quantitative estimate of drug-likeness (QED) is 0.740. The number of hydrogen-bond acceptors (Lipinski definition) is 4. The van der Waals surface area contributed by atoms with E-state index < -0.39 is 18.2 Å². The average molecular weight is 331 g/mol. The smallest absolute Gasteiger partial charge is 0.341 e. The fraction of sp³-hybridized carbons (Fsp3) is 0.0588. The van der Waals surface area contributed by atoms with Crippen molar-refractivity contribution < 1.29 is 19.1 Å². The summed E-state index contributed by atoms with van der Waals surface area (Å²) < 4.78 is 10.3. The number of fused-ring (bicyclic) bond motifs is 1. The summed E-state index contributed by atoms with van der Waals surface area (Å²) in [6.45, 7) is -0.534. The summed E-state index contributed by atoms with van der Waals surface area (Å²) >= 11 is 6.15. The number of ether oxygens (including phenoxy) is 1. The number of carboxylic acid groups (broad SMARTS) is 1. The number of hydrogen-bond donors (Lipinski definition) is 1. The van der Waals surface area contributed by atoms with Gasteiger partial charge in [0.15, 0.2) is 6.61 Å². The van der Waals surface area contributed by atoms with Gasteiger partial charge in [-0.1, -0.05) is 41.9 Å². The summed E-state index contributed by atoms with van der Waals surface area (Å²) in [5, 5.41) is 9.56. The van der Waals surface area contributed by atoms with Crippen LogP contribution in [0.2, 0.25) is 5.02 Å². The van der Waals surface area contributed by atoms with E-state index in [1.165, 1.54) is 12.1 Å². The molecule has 0 aliphatic carbocycles. The Hall–Kier alpha value is -2.79. The van der Waals surface area contributed by atoms with E-state index in [1.54, 1.807) is 6.07 Å². The van der Waals surface area contributed by atoms with Gasteiger partial charge < -0.3 is 14.3 Å². The van der Waals surface area contributed by atoms with E-state index >= 15 is 0 Å². The highest BCUT2D eigenvalue weighted by Gasteiger charge is 2.13. The third-order valence-corrected chi connectivity index (χ3v) is 3.53. The highest BCUT2D eigenvalue weighted by atomic mass is 35.5. The van der Waals surface area contributed by atoms with Crippen LogP contribution in [-0.2, 0) is 4.79 Å². The summed E-state index contributed by atoms with van der Waals surface area (Å²) in [5.74, 6) is -0.976. The van der Waals surface area contributed by atoms with Crippen molar-refractivity contribution in [1.29, 1.82) is 0 Å². The van der Waals surface area contributed by atoms with E-state index in [0.717, 1.165) is 5.56 Å². The Bertz CT molecular complexity index is 931. The highest BCUT2D eigenvalue weighted by molar-refractivity contribution is 6.33. The lowest BCUT2D eigenvalue weighted by Crippen LogP contribution is -2.09. The standard InChI is InChI=1S/C17H11ClO5/c18-13-6-12-11(10-4-2-1-3-5-10)7-17(21)23-14(12)8-15(13)22-9-16(19)20/h1-8H,9H2,(H,19,20). The Morgan fingerprint density at radius 2 is 1.91 bits per heavy atom. The van der Waals surface area contributed by atoms with E-state index in [4.69, 9.17) is 25.9 Å². The second-order valence-corrected chi connectivity index (χ2v) is 5.21. The molecule has 23 heavy (non-hydrogen) atoms. The summed E-state index contributed by atoms with van der Waals surface area (Å²) in [6, 6.07) is 13.8. The van der Waals surface area contributed by atoms with Gasteiger partial charge in [-0.15, -0.1) is 0 Å². The van der Waals surface area contributed by atoms with E-state index in [1.807, 2.05) is 30.3 Å². The molecule has 2 aromatic carbocycles. The maximum atomic E-state index is 11.8. The molecule has 1 heterocycles. The van der Waals surface area contributed by atoms with Gasteiger partial charge >= 0.3 is 11.6 Å². The summed E-state index contributed by atoms with van der Waals surface area (Å²) in [4.78, 5) is 22.4. The van der Waals surface area contributed by atoms with E-state index in [2.05, 4.69) is 0 Å². The molecule has 0 aliphatic rings. The van der Waals surface area contributed by atoms with Crippen molar-refractivity contribution in [1.82, 2.24) is 0 Å². The molecule has 1 aromatic heterocycles. The van der Waals surface area contributed by atoms with Crippen molar-refractivity contribution in [2.45, 2.75) is 0 Å². The molecule has 0 bridgehead atoms. The molecule has 0 unspecified atom stereocenters. The van der Waals surface area contributed by atoms with Gasteiger partial charge in [0.05, 0.1) is 5.02 Å². The Kier molecular flexibility index (Phi) is 4.04. The van der Waals surface area contributed by atoms with Crippen molar-refractivity contribution in [2.24, 2.45) is 0 Å². The molecule has 0 amide bonds. The second kappa shape index (κ2) is 6.14. The minimum atomic E-state index is -1.12. The monoisotopic (exact) mass is 330 g/mol. The molecule has 0 saturated heterocycles. The van der Waals surface area contributed by atoms with Crippen LogP contribution in [0.4, 0.5) is 0 Å². The number of halogens is 1. The fourth-order valence-electron chi connectivity index (χ4n) is 2.27. The molecular formula is C17H11ClO5. The first-order chi connectivity index (χ1) is 11.0. The van der Waals surface area contributed by atoms with Gasteiger partial charge in [-0.25, -0.2) is 9.59 Å². The third-order valence-electron chi connectivity index (χ3n) is 3.23. The van der Waals surface area contributed by atoms with E-state index in [-0.39, 0.29) is 16.4 Å². The van der Waals surface area contributed by atoms with Gasteiger partial charge in [-0.05, 0) is 17.2 Å². The normalized spacial score (nSPS) is 10.7. The molecule has 116 valence electrons. The van der Waals surface area contributed by atoms with Gasteiger partial charge in [0.2, 0.25) is 0 Å². The SMILES string of the molecule is O=C(O)COc1cc2oc(=O)cc(-c3ccccc3)c2cc1Cl. The zero-order chi connectivity index (χ0) is 16.4. The molecule has 6 heteroatoms. The lowest BCUT2D eigenvalue weighted by Gasteiger charge is -2.10. The molecular weight excluding hydrogens is 320 g/mol. The van der Waals surface area contributed by atoms with Crippen LogP contribution in [0.15, 0.2) is 57.7 Å². The van der Waals surface area contributed by atoms with Crippen molar-refractivity contribution in [2.75, 3.05) is 6.61 Å². The number of carboxylic acids is 1. The lowest BCUT2D eigenvalue weighted by atomic mass is 10.0. The van der Waals surface area contributed by atoms with Crippen LogP contribution in [0.5, 0.6) is 5.75 Å². The van der Waals surface area contributed by atoms with Gasteiger partial charge in [-0.2, -0.15) is 0 Å². The molecule has 3 rings (SSSR count). The summed E-state index contributed by atoms with van der Waals surface area (Å²) in [7, 11) is 0. The van der Waals surface area contributed by atoms with Crippen LogP contribution < -0.4 is 10.4 Å². The molecule has 3 aromatic rings. The van der Waals surface area contributed by atoms with Crippen LogP contribution in [0.25, 0.3) is 22.1 Å². The molecule has 0 radical (unpaired) electrons. The molecule has 0 saturated carbocycles. The van der Waals surface area contributed by atoms with E-state index in [0.29, 0.717) is 10.9 Å². The van der Waals surface area contributed by atoms with Crippen molar-refractivity contribution in [3.63, 3.8) is 0 Å². The fourth-order valence-corrected chi connectivity index (χ4v) is 2.49. The van der Waals surface area contributed by atoms with Crippen LogP contribution in [0, 0.1) is 0 Å². The van der Waals surface area contributed by atoms with Crippen LogP contribution >= 0.6 is 11.6 Å². The predicted molar refractivity (Wildman–Crippen MR) is 86.1 cm³/mol. The Balaban J connectivity index is 2.18. The van der Waals surface area contributed by atoms with Gasteiger partial charge in [0.1, 0.15) is 11.3 Å². The molecule has 0 fully saturated rings. The van der Waals surface area contributed by atoms with Crippen molar-refractivity contribution in [3.05, 3.63) is 64.0 Å². The van der Waals surface area contributed by atoms with Gasteiger partial charge in [0, 0.05) is 17.5 Å². The van der Waals surface area contributed by atoms with Crippen molar-refractivity contribution in [3.8, 4) is 16.9 Å². The predicted octanol–water partition coefficient (Wildman–Crippen LogP) is 3.58. The first kappa shape index (κ1) is 15.1. The summed E-state index contributed by atoms with van der Waals surface area (Å²) in [6.07, 6.45) is 0. The zero-order valence-electron chi connectivity index (χ0n) is 11.8. The topological polar surface area (TPSA) is 76.7 Å². The average Bonchev–Trinajstić information content (AvgIpc) is 2.53. The number of aliphatic carboxylic acids is 1. The Morgan fingerprint density at radius 1 is 1.17 bits per heavy atom. The Morgan fingerprint density at radius 3 is 2.61 bits per heavy atom. The number of carbonyl (C=O) groups is 1.